The number of benzene rings is 3. The summed E-state index contributed by atoms with van der Waals surface area (Å²) in [6.45, 7) is 7.19. The molecule has 1 saturated heterocycles. The van der Waals surface area contributed by atoms with Gasteiger partial charge in [0.1, 0.15) is 6.61 Å². The highest BCUT2D eigenvalue weighted by Crippen LogP contribution is 2.35. The predicted octanol–water partition coefficient (Wildman–Crippen LogP) is 6.23. The number of ketones is 1. The molecule has 2 atom stereocenters. The number of carbonyl (C=O) groups excluding carboxylic acids is 1. The Kier molecular flexibility index (Phi) is 7.38. The topological polar surface area (TPSA) is 65.5 Å². The third kappa shape index (κ3) is 5.24. The number of nitrogens with one attached hydrogen (secondary N) is 1. The zero-order valence-electron chi connectivity index (χ0n) is 21.7. The van der Waals surface area contributed by atoms with Crippen LogP contribution in [0.1, 0.15) is 59.4 Å². The molecule has 0 bridgehead atoms. The van der Waals surface area contributed by atoms with Gasteiger partial charge in [-0.2, -0.15) is 0 Å². The Morgan fingerprint density at radius 3 is 2.55 bits per heavy atom. The summed E-state index contributed by atoms with van der Waals surface area (Å²) in [6, 6.07) is 19.5. The van der Waals surface area contributed by atoms with Crippen LogP contribution in [0.25, 0.3) is 10.9 Å². The Morgan fingerprint density at radius 2 is 1.84 bits per heavy atom. The summed E-state index contributed by atoms with van der Waals surface area (Å²) in [5.41, 5.74) is 5.33. The molecule has 0 spiro atoms. The van der Waals surface area contributed by atoms with Crippen LogP contribution in [-0.2, 0) is 17.8 Å². The van der Waals surface area contributed by atoms with Crippen molar-refractivity contribution in [1.82, 2.24) is 9.88 Å². The maximum Gasteiger partial charge on any atom is 0.183 e. The first-order chi connectivity index (χ1) is 18.4. The van der Waals surface area contributed by atoms with E-state index >= 15 is 0 Å². The second kappa shape index (κ2) is 10.9. The van der Waals surface area contributed by atoms with Crippen LogP contribution in [0, 0.1) is 11.6 Å². The molecule has 2 heterocycles. The molecule has 3 aromatic carbocycles. The van der Waals surface area contributed by atoms with Crippen LogP contribution in [0.4, 0.5) is 8.78 Å². The minimum Gasteiger partial charge on any atom is -0.396 e. The van der Waals surface area contributed by atoms with Crippen molar-refractivity contribution in [2.24, 2.45) is 5.16 Å². The summed E-state index contributed by atoms with van der Waals surface area (Å²) < 4.78 is 29.3. The average molecular weight is 516 g/mol. The lowest BCUT2D eigenvalue weighted by Gasteiger charge is -2.15. The van der Waals surface area contributed by atoms with Gasteiger partial charge in [-0.05, 0) is 54.2 Å². The summed E-state index contributed by atoms with van der Waals surface area (Å²) in [4.78, 5) is 19.1. The first-order valence-corrected chi connectivity index (χ1v) is 13.0. The molecule has 7 heteroatoms. The summed E-state index contributed by atoms with van der Waals surface area (Å²) in [5.74, 6) is -1.63. The second-order valence-corrected chi connectivity index (χ2v) is 9.98. The van der Waals surface area contributed by atoms with Crippen LogP contribution in [-0.4, -0.2) is 35.3 Å². The van der Waals surface area contributed by atoms with Crippen molar-refractivity contribution in [2.45, 2.75) is 51.7 Å². The highest BCUT2D eigenvalue weighted by atomic mass is 19.2. The molecule has 1 N–H and O–H groups in total. The monoisotopic (exact) mass is 515 g/mol. The lowest BCUT2D eigenvalue weighted by atomic mass is 9.96. The lowest BCUT2D eigenvalue weighted by Crippen LogP contribution is -2.16. The lowest BCUT2D eigenvalue weighted by molar-refractivity contribution is 0.0988. The summed E-state index contributed by atoms with van der Waals surface area (Å²) >= 11 is 0. The number of aromatic nitrogens is 1. The predicted molar refractivity (Wildman–Crippen MR) is 146 cm³/mol. The SMILES string of the molecule is CCO/N=C/c1ccc2c(C(=O)C3NC3Cc3ccc(F)c(F)c3)c(C(C)C)n(Cc3ccccc3)c2c1. The zero-order chi connectivity index (χ0) is 26.8. The maximum atomic E-state index is 14.0. The maximum absolute atomic E-state index is 14.0. The van der Waals surface area contributed by atoms with E-state index in [4.69, 9.17) is 4.84 Å². The number of oxime groups is 1. The molecular weight excluding hydrogens is 484 g/mol. The highest BCUT2D eigenvalue weighted by molar-refractivity contribution is 6.14. The number of hydrogen-bond donors (Lipinski definition) is 1. The highest BCUT2D eigenvalue weighted by Gasteiger charge is 2.44. The molecule has 0 amide bonds. The molecule has 1 aliphatic rings. The van der Waals surface area contributed by atoms with Gasteiger partial charge in [0, 0.05) is 34.7 Å². The number of fused-ring (bicyclic) bond motifs is 1. The minimum absolute atomic E-state index is 0.0221. The normalized spacial score (nSPS) is 17.0. The van der Waals surface area contributed by atoms with Crippen LogP contribution in [0.5, 0.6) is 0 Å². The molecule has 1 aromatic heterocycles. The van der Waals surface area contributed by atoms with Crippen LogP contribution < -0.4 is 5.32 Å². The fourth-order valence-corrected chi connectivity index (χ4v) is 5.12. The Hall–Kier alpha value is -3.84. The first kappa shape index (κ1) is 25.8. The van der Waals surface area contributed by atoms with Gasteiger partial charge in [0.2, 0.25) is 0 Å². The molecule has 0 radical (unpaired) electrons. The molecule has 2 unspecified atom stereocenters. The van der Waals surface area contributed by atoms with Gasteiger partial charge in [0.25, 0.3) is 0 Å². The van der Waals surface area contributed by atoms with Crippen LogP contribution in [0.3, 0.4) is 0 Å². The summed E-state index contributed by atoms with van der Waals surface area (Å²) in [7, 11) is 0. The van der Waals surface area contributed by atoms with Gasteiger partial charge in [0.05, 0.1) is 12.3 Å². The summed E-state index contributed by atoms with van der Waals surface area (Å²) in [5, 5.41) is 8.18. The van der Waals surface area contributed by atoms with E-state index in [9.17, 15) is 13.6 Å². The van der Waals surface area contributed by atoms with Crippen molar-refractivity contribution < 1.29 is 18.4 Å². The van der Waals surface area contributed by atoms with E-state index in [1.54, 1.807) is 12.3 Å². The number of nitrogens with zero attached hydrogens (tertiary/aromatic N) is 2. The quantitative estimate of drug-likeness (QED) is 0.118. The van der Waals surface area contributed by atoms with Gasteiger partial charge in [-0.15, -0.1) is 0 Å². The number of rotatable bonds is 10. The number of carbonyl (C=O) groups is 1. The Labute approximate surface area is 221 Å². The van der Waals surface area contributed by atoms with Crippen molar-refractivity contribution in [1.29, 1.82) is 0 Å². The third-order valence-electron chi connectivity index (χ3n) is 6.92. The Balaban J connectivity index is 1.54. The van der Waals surface area contributed by atoms with Gasteiger partial charge < -0.3 is 14.7 Å². The zero-order valence-corrected chi connectivity index (χ0v) is 21.7. The smallest absolute Gasteiger partial charge is 0.183 e. The molecule has 5 rings (SSSR count). The fourth-order valence-electron chi connectivity index (χ4n) is 5.12. The third-order valence-corrected chi connectivity index (χ3v) is 6.92. The molecule has 0 aliphatic carbocycles. The molecule has 1 aliphatic heterocycles. The van der Waals surface area contributed by atoms with Crippen molar-refractivity contribution in [2.75, 3.05) is 6.61 Å². The number of halogens is 2. The van der Waals surface area contributed by atoms with Crippen molar-refractivity contribution >= 4 is 22.9 Å². The second-order valence-electron chi connectivity index (χ2n) is 9.98. The van der Waals surface area contributed by atoms with E-state index < -0.39 is 11.6 Å². The van der Waals surface area contributed by atoms with Gasteiger partial charge in [-0.3, -0.25) is 4.79 Å². The van der Waals surface area contributed by atoms with E-state index in [2.05, 4.69) is 41.0 Å². The minimum atomic E-state index is -0.874. The molecule has 0 saturated carbocycles. The van der Waals surface area contributed by atoms with Crippen molar-refractivity contribution in [3.05, 3.63) is 106 Å². The molecule has 38 heavy (non-hydrogen) atoms. The van der Waals surface area contributed by atoms with Crippen LogP contribution in [0.15, 0.2) is 71.9 Å². The van der Waals surface area contributed by atoms with E-state index in [0.29, 0.717) is 30.7 Å². The summed E-state index contributed by atoms with van der Waals surface area (Å²) in [6.07, 6.45) is 2.13. The van der Waals surface area contributed by atoms with Gasteiger partial charge in [0.15, 0.2) is 17.4 Å². The number of Topliss-reactive ketones (excluding diaryl/α,β-unsaturated/α-hetero) is 1. The van der Waals surface area contributed by atoms with Gasteiger partial charge in [-0.25, -0.2) is 8.78 Å². The van der Waals surface area contributed by atoms with E-state index in [0.717, 1.165) is 33.8 Å². The standard InChI is InChI=1S/C31H31F2N3O2/c1-4-38-34-17-22-10-12-23-27(16-22)36(18-20-8-6-5-7-9-20)30(19(2)3)28(23)31(37)29-26(35-29)15-21-11-13-24(32)25(33)14-21/h5-14,16-17,19,26,29,35H,4,15,18H2,1-3H3/b34-17+. The fraction of sp³-hybridized carbons (Fsp3) is 0.290. The Bertz CT molecular complexity index is 1490. The first-order valence-electron chi connectivity index (χ1n) is 13.0. The molecule has 1 fully saturated rings. The van der Waals surface area contributed by atoms with E-state index in [1.165, 1.54) is 6.07 Å². The molecular formula is C31H31F2N3O2. The van der Waals surface area contributed by atoms with Crippen LogP contribution >= 0.6 is 0 Å². The number of hydrogen-bond acceptors (Lipinski definition) is 4. The van der Waals surface area contributed by atoms with E-state index in [1.807, 2.05) is 43.3 Å². The molecule has 5 nitrogen and oxygen atoms in total. The average Bonchev–Trinajstić information content (AvgIpc) is 3.60. The molecule has 196 valence electrons. The van der Waals surface area contributed by atoms with Gasteiger partial charge in [-0.1, -0.05) is 67.5 Å². The van der Waals surface area contributed by atoms with Crippen molar-refractivity contribution in [3.63, 3.8) is 0 Å². The Morgan fingerprint density at radius 1 is 1.05 bits per heavy atom. The van der Waals surface area contributed by atoms with Gasteiger partial charge >= 0.3 is 0 Å². The molecule has 4 aromatic rings. The van der Waals surface area contributed by atoms with Crippen LogP contribution in [0.2, 0.25) is 0 Å². The van der Waals surface area contributed by atoms with E-state index in [-0.39, 0.29) is 23.8 Å². The largest absolute Gasteiger partial charge is 0.396 e. The van der Waals surface area contributed by atoms with Crippen molar-refractivity contribution in [3.8, 4) is 0 Å².